The molecule has 0 atom stereocenters. The van der Waals surface area contributed by atoms with Crippen LogP contribution in [0.3, 0.4) is 0 Å². The van der Waals surface area contributed by atoms with E-state index < -0.39 is 0 Å². The van der Waals surface area contributed by atoms with Crippen molar-refractivity contribution in [3.63, 3.8) is 0 Å². The minimum Gasteiger partial charge on any atom is -0.497 e. The Hall–Kier alpha value is -1.90. The zero-order chi connectivity index (χ0) is 14.5. The molecule has 0 fully saturated rings. The fourth-order valence-corrected chi connectivity index (χ4v) is 2.35. The average Bonchev–Trinajstić information content (AvgIpc) is 2.46. The number of allylic oxidation sites excluding steroid dienone is 2. The van der Waals surface area contributed by atoms with Crippen LogP contribution >= 0.6 is 0 Å². The van der Waals surface area contributed by atoms with Gasteiger partial charge in [0.05, 0.1) is 13.7 Å². The van der Waals surface area contributed by atoms with E-state index in [1.807, 2.05) is 18.3 Å². The zero-order valence-corrected chi connectivity index (χ0v) is 12.8. The van der Waals surface area contributed by atoms with Gasteiger partial charge >= 0.3 is 0 Å². The van der Waals surface area contributed by atoms with Crippen LogP contribution in [0.5, 0.6) is 5.75 Å². The molecule has 3 heteroatoms. The van der Waals surface area contributed by atoms with Gasteiger partial charge in [-0.1, -0.05) is 12.1 Å². The van der Waals surface area contributed by atoms with E-state index in [-0.39, 0.29) is 0 Å². The van der Waals surface area contributed by atoms with Crippen molar-refractivity contribution >= 4 is 5.69 Å². The Morgan fingerprint density at radius 1 is 1.35 bits per heavy atom. The molecule has 1 aromatic rings. The van der Waals surface area contributed by atoms with Crippen LogP contribution < -0.4 is 15.0 Å². The first kappa shape index (κ1) is 14.5. The topological polar surface area (TPSA) is 24.5 Å². The molecule has 1 aliphatic heterocycles. The molecule has 2 rings (SSSR count). The van der Waals surface area contributed by atoms with Crippen molar-refractivity contribution in [1.82, 2.24) is 5.32 Å². The molecule has 0 amide bonds. The van der Waals surface area contributed by atoms with Gasteiger partial charge in [-0.05, 0) is 51.1 Å². The van der Waals surface area contributed by atoms with Gasteiger partial charge in [-0.2, -0.15) is 0 Å². The summed E-state index contributed by atoms with van der Waals surface area (Å²) in [6, 6.07) is 8.67. The van der Waals surface area contributed by atoms with Crippen molar-refractivity contribution in [3.8, 4) is 5.75 Å². The van der Waals surface area contributed by atoms with E-state index in [1.165, 1.54) is 17.0 Å². The van der Waals surface area contributed by atoms with Gasteiger partial charge in [-0.25, -0.2) is 0 Å². The molecule has 1 N–H and O–H groups in total. The van der Waals surface area contributed by atoms with Crippen LogP contribution in [0.1, 0.15) is 27.2 Å². The fourth-order valence-electron chi connectivity index (χ4n) is 2.35. The third-order valence-electron chi connectivity index (χ3n) is 3.65. The molecule has 108 valence electrons. The van der Waals surface area contributed by atoms with Gasteiger partial charge in [-0.3, -0.25) is 0 Å². The Morgan fingerprint density at radius 2 is 2.15 bits per heavy atom. The molecule has 0 unspecified atom stereocenters. The summed E-state index contributed by atoms with van der Waals surface area (Å²) in [6.45, 7) is 7.51. The minimum atomic E-state index is 0.426. The largest absolute Gasteiger partial charge is 0.497 e. The Kier molecular flexibility index (Phi) is 4.72. The highest BCUT2D eigenvalue weighted by Crippen LogP contribution is 2.24. The number of hydrogen-bond acceptors (Lipinski definition) is 3. The molecule has 0 saturated carbocycles. The van der Waals surface area contributed by atoms with Crippen molar-refractivity contribution in [2.75, 3.05) is 18.6 Å². The van der Waals surface area contributed by atoms with Gasteiger partial charge in [0.15, 0.2) is 0 Å². The number of rotatable bonds is 5. The molecule has 1 aliphatic rings. The first-order chi connectivity index (χ1) is 9.61. The summed E-state index contributed by atoms with van der Waals surface area (Å²) in [7, 11) is 1.71. The number of nitrogens with one attached hydrogen (secondary N) is 1. The second-order valence-electron chi connectivity index (χ2n) is 5.43. The molecule has 1 aromatic carbocycles. The van der Waals surface area contributed by atoms with Crippen LogP contribution in [-0.2, 0) is 0 Å². The summed E-state index contributed by atoms with van der Waals surface area (Å²) in [5.41, 5.74) is 3.89. The number of methoxy groups -OCH3 is 1. The Balaban J connectivity index is 2.23. The summed E-state index contributed by atoms with van der Waals surface area (Å²) in [5, 5.41) is 3.38. The average molecular weight is 272 g/mol. The van der Waals surface area contributed by atoms with Gasteiger partial charge in [-0.15, -0.1) is 0 Å². The second kappa shape index (κ2) is 6.51. The van der Waals surface area contributed by atoms with Crippen LogP contribution in [0.4, 0.5) is 5.69 Å². The summed E-state index contributed by atoms with van der Waals surface area (Å²) in [5.74, 6) is 0.898. The van der Waals surface area contributed by atoms with Crippen LogP contribution in [0, 0.1) is 0 Å². The molecular formula is C17H24N2O. The van der Waals surface area contributed by atoms with Gasteiger partial charge < -0.3 is 15.0 Å². The normalized spacial score (nSPS) is 14.4. The van der Waals surface area contributed by atoms with Gasteiger partial charge in [0, 0.05) is 23.5 Å². The minimum absolute atomic E-state index is 0.426. The van der Waals surface area contributed by atoms with Crippen molar-refractivity contribution in [2.45, 2.75) is 33.2 Å². The van der Waals surface area contributed by atoms with Crippen molar-refractivity contribution in [2.24, 2.45) is 0 Å². The van der Waals surface area contributed by atoms with E-state index in [9.17, 15) is 0 Å². The van der Waals surface area contributed by atoms with E-state index in [0.717, 1.165) is 18.7 Å². The van der Waals surface area contributed by atoms with Crippen LogP contribution in [0.15, 0.2) is 47.8 Å². The zero-order valence-electron chi connectivity index (χ0n) is 12.8. The predicted molar refractivity (Wildman–Crippen MR) is 85.1 cm³/mol. The van der Waals surface area contributed by atoms with Gasteiger partial charge in [0.1, 0.15) is 5.75 Å². The number of benzene rings is 1. The fraction of sp³-hybridized carbons (Fsp3) is 0.412. The number of dihydropyridines is 1. The van der Waals surface area contributed by atoms with E-state index in [1.54, 1.807) is 7.11 Å². The predicted octanol–water partition coefficient (Wildman–Crippen LogP) is 3.69. The van der Waals surface area contributed by atoms with Crippen LogP contribution in [0.2, 0.25) is 0 Å². The highest BCUT2D eigenvalue weighted by molar-refractivity contribution is 5.52. The summed E-state index contributed by atoms with van der Waals surface area (Å²) >= 11 is 0. The molecule has 0 aliphatic carbocycles. The maximum Gasteiger partial charge on any atom is 0.120 e. The molecule has 0 bridgehead atoms. The third kappa shape index (κ3) is 3.35. The van der Waals surface area contributed by atoms with Crippen molar-refractivity contribution in [1.29, 1.82) is 0 Å². The lowest BCUT2D eigenvalue weighted by atomic mass is 10.1. The van der Waals surface area contributed by atoms with E-state index >= 15 is 0 Å². The maximum absolute atomic E-state index is 5.33. The number of nitrogens with zero attached hydrogens (tertiary/aromatic N) is 1. The molecule has 3 nitrogen and oxygen atoms in total. The lowest BCUT2D eigenvalue weighted by molar-refractivity contribution is 0.414. The standard InChI is InChI=1S/C17H24N2O/c1-13(2)19(12-17-14(3)7-6-10-18-17)15-8-5-9-16(11-15)20-4/h5-6,8-11,13,18H,7,12H2,1-4H3. The highest BCUT2D eigenvalue weighted by atomic mass is 16.5. The monoisotopic (exact) mass is 272 g/mol. The molecule has 0 spiro atoms. The van der Waals surface area contributed by atoms with Crippen LogP contribution in [0.25, 0.3) is 0 Å². The Morgan fingerprint density at radius 3 is 2.80 bits per heavy atom. The maximum atomic E-state index is 5.33. The third-order valence-corrected chi connectivity index (χ3v) is 3.65. The summed E-state index contributed by atoms with van der Waals surface area (Å²) in [6.07, 6.45) is 5.23. The van der Waals surface area contributed by atoms with Gasteiger partial charge in [0.2, 0.25) is 0 Å². The van der Waals surface area contributed by atoms with E-state index in [2.05, 4.69) is 49.2 Å². The number of anilines is 1. The van der Waals surface area contributed by atoms with E-state index in [4.69, 9.17) is 4.74 Å². The summed E-state index contributed by atoms with van der Waals surface area (Å²) < 4.78 is 5.33. The Labute approximate surface area is 121 Å². The first-order valence-electron chi connectivity index (χ1n) is 7.12. The number of hydrogen-bond donors (Lipinski definition) is 1. The molecule has 20 heavy (non-hydrogen) atoms. The molecular weight excluding hydrogens is 248 g/mol. The molecule has 1 heterocycles. The first-order valence-corrected chi connectivity index (χ1v) is 7.12. The lowest BCUT2D eigenvalue weighted by Gasteiger charge is -2.31. The molecule has 0 aromatic heterocycles. The second-order valence-corrected chi connectivity index (χ2v) is 5.43. The van der Waals surface area contributed by atoms with Crippen LogP contribution in [-0.4, -0.2) is 19.7 Å². The Bertz CT molecular complexity index is 517. The van der Waals surface area contributed by atoms with Gasteiger partial charge in [0.25, 0.3) is 0 Å². The van der Waals surface area contributed by atoms with E-state index in [0.29, 0.717) is 6.04 Å². The number of ether oxygens (including phenoxy) is 1. The lowest BCUT2D eigenvalue weighted by Crippen LogP contribution is -2.35. The quantitative estimate of drug-likeness (QED) is 0.884. The highest BCUT2D eigenvalue weighted by Gasteiger charge is 2.15. The summed E-state index contributed by atoms with van der Waals surface area (Å²) in [4.78, 5) is 2.38. The molecule has 0 radical (unpaired) electrons. The smallest absolute Gasteiger partial charge is 0.120 e. The SMILES string of the molecule is COc1cccc(N(CC2=C(C)CC=CN2)C(C)C)c1. The van der Waals surface area contributed by atoms with Crippen molar-refractivity contribution in [3.05, 3.63) is 47.8 Å². The van der Waals surface area contributed by atoms with Crippen molar-refractivity contribution < 1.29 is 4.74 Å². The molecule has 0 saturated heterocycles.